The Bertz CT molecular complexity index is 1070. The number of aromatic carboxylic acids is 1. The number of hydrogen-bond acceptors (Lipinski definition) is 3. The molecule has 0 amide bonds. The number of rotatable bonds is 4. The molecule has 4 nitrogen and oxygen atoms in total. The van der Waals surface area contributed by atoms with E-state index in [0.717, 1.165) is 27.3 Å². The largest absolute Gasteiger partial charge is 0.477 e. The number of nitriles is 1. The van der Waals surface area contributed by atoms with Crippen molar-refractivity contribution in [3.63, 3.8) is 0 Å². The molecule has 0 aliphatic rings. The van der Waals surface area contributed by atoms with Crippen molar-refractivity contribution < 1.29 is 9.90 Å². The quantitative estimate of drug-likeness (QED) is 0.603. The lowest BCUT2D eigenvalue weighted by Gasteiger charge is -2.07. The Kier molecular flexibility index (Phi) is 4.84. The molecule has 0 radical (unpaired) electrons. The predicted molar refractivity (Wildman–Crippen MR) is 103 cm³/mol. The van der Waals surface area contributed by atoms with E-state index in [-0.39, 0.29) is 4.88 Å². The van der Waals surface area contributed by atoms with E-state index in [2.05, 4.69) is 10.9 Å². The zero-order valence-corrected chi connectivity index (χ0v) is 14.8. The smallest absolute Gasteiger partial charge is 0.345 e. The molecule has 2 aromatic carbocycles. The highest BCUT2D eigenvalue weighted by Gasteiger charge is 2.23. The van der Waals surface area contributed by atoms with E-state index in [1.807, 2.05) is 49.4 Å². The third kappa shape index (κ3) is 2.97. The fourth-order valence-corrected chi connectivity index (χ4v) is 3.93. The summed E-state index contributed by atoms with van der Waals surface area (Å²) in [5.41, 5.74) is 3.87. The standard InChI is InChI=1S/C21H14N2O2S/c1-3-17-19(23-2)18(20(26-17)21(24)25)14-10-8-13(9-11-14)16-7-5-4-6-15(16)12-22/h4-11H,3H2,1H3,(H,24,25). The first-order valence-corrected chi connectivity index (χ1v) is 8.78. The molecular weight excluding hydrogens is 344 g/mol. The Balaban J connectivity index is 2.13. The van der Waals surface area contributed by atoms with Crippen molar-refractivity contribution in [2.45, 2.75) is 13.3 Å². The molecule has 0 spiro atoms. The summed E-state index contributed by atoms with van der Waals surface area (Å²) in [4.78, 5) is 16.2. The van der Waals surface area contributed by atoms with Gasteiger partial charge in [0, 0.05) is 10.4 Å². The summed E-state index contributed by atoms with van der Waals surface area (Å²) in [5, 5.41) is 18.8. The number of carboxylic acid groups (broad SMARTS) is 1. The Hall–Kier alpha value is -3.41. The topological polar surface area (TPSA) is 65.4 Å². The van der Waals surface area contributed by atoms with Crippen molar-refractivity contribution in [3.8, 4) is 28.3 Å². The van der Waals surface area contributed by atoms with E-state index in [9.17, 15) is 15.2 Å². The molecule has 26 heavy (non-hydrogen) atoms. The average Bonchev–Trinajstić information content (AvgIpc) is 3.07. The molecule has 0 atom stereocenters. The van der Waals surface area contributed by atoms with Gasteiger partial charge >= 0.3 is 5.97 Å². The molecule has 0 fully saturated rings. The molecule has 0 bridgehead atoms. The van der Waals surface area contributed by atoms with Crippen LogP contribution in [0.3, 0.4) is 0 Å². The number of aryl methyl sites for hydroxylation is 1. The molecule has 1 N–H and O–H groups in total. The van der Waals surface area contributed by atoms with Crippen molar-refractivity contribution in [1.29, 1.82) is 5.26 Å². The molecule has 0 unspecified atom stereocenters. The van der Waals surface area contributed by atoms with Gasteiger partial charge in [-0.3, -0.25) is 0 Å². The Morgan fingerprint density at radius 1 is 1.19 bits per heavy atom. The lowest BCUT2D eigenvalue weighted by molar-refractivity contribution is 0.0703. The maximum Gasteiger partial charge on any atom is 0.345 e. The highest BCUT2D eigenvalue weighted by atomic mass is 32.1. The summed E-state index contributed by atoms with van der Waals surface area (Å²) >= 11 is 1.16. The zero-order chi connectivity index (χ0) is 18.7. The van der Waals surface area contributed by atoms with Crippen LogP contribution in [0.5, 0.6) is 0 Å². The number of carbonyl (C=O) groups is 1. The molecule has 5 heteroatoms. The van der Waals surface area contributed by atoms with Crippen molar-refractivity contribution in [2.24, 2.45) is 0 Å². The van der Waals surface area contributed by atoms with E-state index in [1.165, 1.54) is 0 Å². The number of nitrogens with zero attached hydrogens (tertiary/aromatic N) is 2. The summed E-state index contributed by atoms with van der Waals surface area (Å²) < 4.78 is 0. The minimum atomic E-state index is -1.02. The molecule has 0 aliphatic heterocycles. The van der Waals surface area contributed by atoms with Gasteiger partial charge < -0.3 is 5.11 Å². The Labute approximate surface area is 155 Å². The second-order valence-electron chi connectivity index (χ2n) is 5.58. The molecule has 1 heterocycles. The summed E-state index contributed by atoms with van der Waals surface area (Å²) in [6, 6.07) is 16.8. The minimum Gasteiger partial charge on any atom is -0.477 e. The summed E-state index contributed by atoms with van der Waals surface area (Å²) in [7, 11) is 0. The van der Waals surface area contributed by atoms with Crippen molar-refractivity contribution in [2.75, 3.05) is 0 Å². The molecule has 3 aromatic rings. The number of carboxylic acids is 1. The molecule has 0 saturated carbocycles. The highest BCUT2D eigenvalue weighted by molar-refractivity contribution is 7.15. The molecular formula is C21H14N2O2S. The van der Waals surface area contributed by atoms with Crippen LogP contribution in [0.25, 0.3) is 27.1 Å². The van der Waals surface area contributed by atoms with Gasteiger partial charge in [-0.25, -0.2) is 9.64 Å². The van der Waals surface area contributed by atoms with Crippen LogP contribution in [-0.4, -0.2) is 11.1 Å². The normalized spacial score (nSPS) is 10.1. The third-order valence-electron chi connectivity index (χ3n) is 4.11. The van der Waals surface area contributed by atoms with E-state index in [0.29, 0.717) is 28.8 Å². The van der Waals surface area contributed by atoms with E-state index in [1.54, 1.807) is 6.07 Å². The van der Waals surface area contributed by atoms with E-state index >= 15 is 0 Å². The van der Waals surface area contributed by atoms with Crippen molar-refractivity contribution in [1.82, 2.24) is 0 Å². The lowest BCUT2D eigenvalue weighted by atomic mass is 9.97. The fourth-order valence-electron chi connectivity index (χ4n) is 2.89. The van der Waals surface area contributed by atoms with Crippen molar-refractivity contribution >= 4 is 23.0 Å². The maximum absolute atomic E-state index is 11.6. The van der Waals surface area contributed by atoms with E-state index < -0.39 is 5.97 Å². The summed E-state index contributed by atoms with van der Waals surface area (Å²) in [5.74, 6) is -1.02. The molecule has 3 rings (SSSR count). The Morgan fingerprint density at radius 2 is 1.85 bits per heavy atom. The fraction of sp³-hybridized carbons (Fsp3) is 0.0952. The van der Waals surface area contributed by atoms with Gasteiger partial charge in [-0.2, -0.15) is 5.26 Å². The summed E-state index contributed by atoms with van der Waals surface area (Å²) in [6.45, 7) is 9.38. The van der Waals surface area contributed by atoms with E-state index in [4.69, 9.17) is 6.57 Å². The maximum atomic E-state index is 11.6. The van der Waals surface area contributed by atoms with Crippen LogP contribution >= 0.6 is 11.3 Å². The van der Waals surface area contributed by atoms with Gasteiger partial charge in [-0.15, -0.1) is 11.3 Å². The predicted octanol–water partition coefficient (Wildman–Crippen LogP) is 5.77. The number of benzene rings is 2. The monoisotopic (exact) mass is 358 g/mol. The number of hydrogen-bond donors (Lipinski definition) is 1. The van der Waals surface area contributed by atoms with Crippen LogP contribution in [0.2, 0.25) is 0 Å². The first-order valence-electron chi connectivity index (χ1n) is 7.97. The van der Waals surface area contributed by atoms with Crippen LogP contribution in [0.4, 0.5) is 5.69 Å². The van der Waals surface area contributed by atoms with Gasteiger partial charge in [0.05, 0.1) is 18.2 Å². The molecule has 0 saturated heterocycles. The van der Waals surface area contributed by atoms with Crippen LogP contribution in [0, 0.1) is 17.9 Å². The first-order chi connectivity index (χ1) is 12.6. The molecule has 0 aliphatic carbocycles. The highest BCUT2D eigenvalue weighted by Crippen LogP contribution is 2.43. The second-order valence-corrected chi connectivity index (χ2v) is 6.69. The van der Waals surface area contributed by atoms with Crippen molar-refractivity contribution in [3.05, 3.63) is 75.3 Å². The summed E-state index contributed by atoms with van der Waals surface area (Å²) in [6.07, 6.45) is 0.621. The minimum absolute atomic E-state index is 0.193. The van der Waals surface area contributed by atoms with Gasteiger partial charge in [-0.1, -0.05) is 49.4 Å². The first kappa shape index (κ1) is 17.4. The SMILES string of the molecule is [C-]#[N+]c1c(CC)sc(C(=O)O)c1-c1ccc(-c2ccccc2C#N)cc1. The van der Waals surface area contributed by atoms with Gasteiger partial charge in [0.15, 0.2) is 0 Å². The second kappa shape index (κ2) is 7.23. The third-order valence-corrected chi connectivity index (χ3v) is 5.42. The molecule has 1 aromatic heterocycles. The van der Waals surface area contributed by atoms with Crippen LogP contribution < -0.4 is 0 Å². The van der Waals surface area contributed by atoms with Gasteiger partial charge in [0.2, 0.25) is 5.69 Å². The zero-order valence-electron chi connectivity index (χ0n) is 14.0. The van der Waals surface area contributed by atoms with Gasteiger partial charge in [0.1, 0.15) is 4.88 Å². The van der Waals surface area contributed by atoms with Gasteiger partial charge in [0.25, 0.3) is 0 Å². The van der Waals surface area contributed by atoms with Gasteiger partial charge in [-0.05, 0) is 29.2 Å². The molecule has 126 valence electrons. The van der Waals surface area contributed by atoms with Crippen LogP contribution in [0.1, 0.15) is 27.0 Å². The average molecular weight is 358 g/mol. The number of thiophene rings is 1. The van der Waals surface area contributed by atoms with Crippen LogP contribution in [0.15, 0.2) is 48.5 Å². The lowest BCUT2D eigenvalue weighted by Crippen LogP contribution is -1.94. The van der Waals surface area contributed by atoms with Crippen LogP contribution in [-0.2, 0) is 6.42 Å². The Morgan fingerprint density at radius 3 is 2.42 bits per heavy atom.